The van der Waals surface area contributed by atoms with Crippen molar-refractivity contribution >= 4 is 5.97 Å². The maximum atomic E-state index is 11.6. The first-order valence-electron chi connectivity index (χ1n) is 5.23. The molecule has 0 heterocycles. The maximum absolute atomic E-state index is 11.6. The second-order valence-electron chi connectivity index (χ2n) is 4.22. The van der Waals surface area contributed by atoms with Gasteiger partial charge in [0.15, 0.2) is 0 Å². The van der Waals surface area contributed by atoms with E-state index in [9.17, 15) is 9.90 Å². The van der Waals surface area contributed by atoms with Crippen molar-refractivity contribution < 1.29 is 14.6 Å². The molecule has 4 heteroatoms. The number of aromatic hydroxyl groups is 1. The van der Waals surface area contributed by atoms with Crippen LogP contribution in [-0.2, 0) is 9.53 Å². The summed E-state index contributed by atoms with van der Waals surface area (Å²) >= 11 is 0. The molecule has 1 aliphatic rings. The minimum atomic E-state index is -0.550. The number of nitrogens with two attached hydrogens (primary N) is 1. The van der Waals surface area contributed by atoms with Gasteiger partial charge in [-0.2, -0.15) is 0 Å². The number of hydrogen-bond donors (Lipinski definition) is 2. The minimum Gasteiger partial charge on any atom is -0.508 e. The lowest BCUT2D eigenvalue weighted by atomic mass is 9.91. The van der Waals surface area contributed by atoms with Crippen molar-refractivity contribution in [3.63, 3.8) is 0 Å². The second kappa shape index (κ2) is 3.79. The number of rotatable bonds is 3. The fraction of sp³-hybridized carbons (Fsp3) is 0.417. The van der Waals surface area contributed by atoms with Crippen molar-refractivity contribution in [3.05, 3.63) is 29.8 Å². The fourth-order valence-corrected chi connectivity index (χ4v) is 1.98. The minimum absolute atomic E-state index is 0.193. The molecule has 0 aliphatic heterocycles. The number of benzene rings is 1. The van der Waals surface area contributed by atoms with E-state index in [2.05, 4.69) is 0 Å². The van der Waals surface area contributed by atoms with Gasteiger partial charge in [-0.25, -0.2) is 0 Å². The predicted octanol–water partition coefficient (Wildman–Crippen LogP) is 1.35. The highest BCUT2D eigenvalue weighted by molar-refractivity contribution is 5.81. The quantitative estimate of drug-likeness (QED) is 0.755. The Morgan fingerprint density at radius 3 is 2.44 bits per heavy atom. The third kappa shape index (κ3) is 1.65. The summed E-state index contributed by atoms with van der Waals surface area (Å²) in [6.07, 6.45) is 1.53. The van der Waals surface area contributed by atoms with Crippen LogP contribution in [0.2, 0.25) is 0 Å². The number of hydrogen-bond acceptors (Lipinski definition) is 4. The van der Waals surface area contributed by atoms with Crippen molar-refractivity contribution in [3.8, 4) is 5.75 Å². The number of carbonyl (C=O) groups excluding carboxylic acids is 1. The predicted molar refractivity (Wildman–Crippen MR) is 58.7 cm³/mol. The van der Waals surface area contributed by atoms with Crippen LogP contribution in [0.4, 0.5) is 0 Å². The summed E-state index contributed by atoms with van der Waals surface area (Å²) in [4.78, 5) is 11.6. The summed E-state index contributed by atoms with van der Waals surface area (Å²) in [5, 5.41) is 9.18. The van der Waals surface area contributed by atoms with Crippen molar-refractivity contribution in [2.24, 2.45) is 11.1 Å². The Hall–Kier alpha value is -1.55. The van der Waals surface area contributed by atoms with Gasteiger partial charge in [0.2, 0.25) is 0 Å². The standard InChI is InChI=1S/C12H15NO3/c1-16-11(15)12(6-7-12)10(13)8-2-4-9(14)5-3-8/h2-5,10,14H,6-7,13H2,1H3. The zero-order valence-electron chi connectivity index (χ0n) is 9.14. The molecule has 16 heavy (non-hydrogen) atoms. The number of esters is 1. The molecule has 4 nitrogen and oxygen atoms in total. The maximum Gasteiger partial charge on any atom is 0.313 e. The highest BCUT2D eigenvalue weighted by atomic mass is 16.5. The molecular formula is C12H15NO3. The van der Waals surface area contributed by atoms with Crippen LogP contribution in [0.1, 0.15) is 24.4 Å². The Morgan fingerprint density at radius 1 is 1.44 bits per heavy atom. The first kappa shape index (κ1) is 11.0. The summed E-state index contributed by atoms with van der Waals surface area (Å²) in [7, 11) is 1.38. The monoisotopic (exact) mass is 221 g/mol. The van der Waals surface area contributed by atoms with E-state index in [1.807, 2.05) is 0 Å². The van der Waals surface area contributed by atoms with E-state index in [1.165, 1.54) is 7.11 Å². The van der Waals surface area contributed by atoms with E-state index in [-0.39, 0.29) is 17.8 Å². The molecule has 2 rings (SSSR count). The van der Waals surface area contributed by atoms with Crippen LogP contribution in [0.3, 0.4) is 0 Å². The van der Waals surface area contributed by atoms with Crippen molar-refractivity contribution in [1.82, 2.24) is 0 Å². The zero-order chi connectivity index (χ0) is 11.8. The van der Waals surface area contributed by atoms with E-state index in [0.29, 0.717) is 0 Å². The normalized spacial score (nSPS) is 18.9. The van der Waals surface area contributed by atoms with Crippen LogP contribution in [0.15, 0.2) is 24.3 Å². The smallest absolute Gasteiger partial charge is 0.313 e. The molecule has 0 amide bonds. The molecule has 1 saturated carbocycles. The third-order valence-electron chi connectivity index (χ3n) is 3.23. The number of carbonyl (C=O) groups is 1. The molecule has 0 bridgehead atoms. The van der Waals surface area contributed by atoms with Gasteiger partial charge in [0, 0.05) is 6.04 Å². The van der Waals surface area contributed by atoms with Crippen LogP contribution >= 0.6 is 0 Å². The summed E-state index contributed by atoms with van der Waals surface area (Å²) in [5.41, 5.74) is 6.38. The molecular weight excluding hydrogens is 206 g/mol. The van der Waals surface area contributed by atoms with Crippen LogP contribution in [0, 0.1) is 5.41 Å². The van der Waals surface area contributed by atoms with E-state index in [4.69, 9.17) is 10.5 Å². The molecule has 1 aromatic carbocycles. The summed E-state index contributed by atoms with van der Waals surface area (Å²) in [6.45, 7) is 0. The van der Waals surface area contributed by atoms with Gasteiger partial charge in [-0.3, -0.25) is 4.79 Å². The van der Waals surface area contributed by atoms with Gasteiger partial charge in [-0.05, 0) is 30.5 Å². The molecule has 1 aliphatic carbocycles. The van der Waals surface area contributed by atoms with Crippen molar-refractivity contribution in [1.29, 1.82) is 0 Å². The van der Waals surface area contributed by atoms with Crippen LogP contribution in [0.25, 0.3) is 0 Å². The Morgan fingerprint density at radius 2 is 2.00 bits per heavy atom. The SMILES string of the molecule is COC(=O)C1(C(N)c2ccc(O)cc2)CC1. The van der Waals surface area contributed by atoms with Gasteiger partial charge >= 0.3 is 5.97 Å². The second-order valence-corrected chi connectivity index (χ2v) is 4.22. The Labute approximate surface area is 94.0 Å². The van der Waals surface area contributed by atoms with Gasteiger partial charge in [0.05, 0.1) is 12.5 Å². The molecule has 0 aromatic heterocycles. The van der Waals surface area contributed by atoms with Crippen molar-refractivity contribution in [2.45, 2.75) is 18.9 Å². The Balaban J connectivity index is 2.22. The molecule has 86 valence electrons. The molecule has 1 atom stereocenters. The first-order chi connectivity index (χ1) is 7.60. The van der Waals surface area contributed by atoms with Crippen molar-refractivity contribution in [2.75, 3.05) is 7.11 Å². The molecule has 0 radical (unpaired) electrons. The largest absolute Gasteiger partial charge is 0.508 e. The molecule has 0 saturated heterocycles. The lowest BCUT2D eigenvalue weighted by molar-refractivity contribution is -0.148. The molecule has 3 N–H and O–H groups in total. The van der Waals surface area contributed by atoms with Gasteiger partial charge in [0.1, 0.15) is 5.75 Å². The van der Waals surface area contributed by atoms with Crippen LogP contribution in [0.5, 0.6) is 5.75 Å². The molecule has 1 aromatic rings. The summed E-state index contributed by atoms with van der Waals surface area (Å²) in [5.74, 6) is -0.0491. The number of phenolic OH excluding ortho intramolecular Hbond substituents is 1. The van der Waals surface area contributed by atoms with Gasteiger partial charge in [-0.1, -0.05) is 12.1 Å². The molecule has 1 unspecified atom stereocenters. The van der Waals surface area contributed by atoms with E-state index >= 15 is 0 Å². The van der Waals surface area contributed by atoms with Crippen LogP contribution < -0.4 is 5.73 Å². The number of phenols is 1. The lowest BCUT2D eigenvalue weighted by Gasteiger charge is -2.21. The highest BCUT2D eigenvalue weighted by Gasteiger charge is 2.56. The van der Waals surface area contributed by atoms with Crippen LogP contribution in [-0.4, -0.2) is 18.2 Å². The van der Waals surface area contributed by atoms with Gasteiger partial charge in [0.25, 0.3) is 0 Å². The number of methoxy groups -OCH3 is 1. The topological polar surface area (TPSA) is 72.5 Å². The van der Waals surface area contributed by atoms with Gasteiger partial charge in [-0.15, -0.1) is 0 Å². The number of ether oxygens (including phenoxy) is 1. The lowest BCUT2D eigenvalue weighted by Crippen LogP contribution is -2.30. The van der Waals surface area contributed by atoms with E-state index in [0.717, 1.165) is 18.4 Å². The highest BCUT2D eigenvalue weighted by Crippen LogP contribution is 2.54. The Bertz CT molecular complexity index is 395. The average molecular weight is 221 g/mol. The Kier molecular flexibility index (Phi) is 2.59. The van der Waals surface area contributed by atoms with E-state index < -0.39 is 5.41 Å². The fourth-order valence-electron chi connectivity index (χ4n) is 1.98. The summed E-state index contributed by atoms with van der Waals surface area (Å²) in [6, 6.07) is 6.26. The zero-order valence-corrected chi connectivity index (χ0v) is 9.14. The average Bonchev–Trinajstić information content (AvgIpc) is 3.09. The molecule has 0 spiro atoms. The molecule has 1 fully saturated rings. The third-order valence-corrected chi connectivity index (χ3v) is 3.23. The van der Waals surface area contributed by atoms with Gasteiger partial charge < -0.3 is 15.6 Å². The summed E-state index contributed by atoms with van der Waals surface area (Å²) < 4.78 is 4.78. The van der Waals surface area contributed by atoms with E-state index in [1.54, 1.807) is 24.3 Å². The first-order valence-corrected chi connectivity index (χ1v) is 5.23.